The topological polar surface area (TPSA) is 41.1 Å². The highest BCUT2D eigenvalue weighted by atomic mass is 16.2. The Hall–Kier alpha value is -0.570. The Labute approximate surface area is 80.3 Å². The van der Waals surface area contributed by atoms with Crippen molar-refractivity contribution in [1.29, 1.82) is 0 Å². The van der Waals surface area contributed by atoms with Crippen molar-refractivity contribution < 1.29 is 4.79 Å². The number of carbonyl (C=O) groups is 1. The van der Waals surface area contributed by atoms with Crippen LogP contribution >= 0.6 is 0 Å². The van der Waals surface area contributed by atoms with Crippen LogP contribution in [0, 0.1) is 0 Å². The Morgan fingerprint density at radius 3 is 2.54 bits per heavy atom. The van der Waals surface area contributed by atoms with Crippen LogP contribution < -0.4 is 10.6 Å². The second-order valence-corrected chi connectivity index (χ2v) is 4.43. The highest BCUT2D eigenvalue weighted by Gasteiger charge is 2.23. The molecule has 0 radical (unpaired) electrons. The molecule has 0 unspecified atom stereocenters. The lowest BCUT2D eigenvalue weighted by molar-refractivity contribution is -0.120. The normalized spacial score (nSPS) is 17.2. The molecule has 1 rings (SSSR count). The fraction of sp³-hybridized carbons (Fsp3) is 0.900. The van der Waals surface area contributed by atoms with Crippen LogP contribution in [0.15, 0.2) is 0 Å². The van der Waals surface area contributed by atoms with Crippen LogP contribution in [0.5, 0.6) is 0 Å². The molecule has 0 aromatic carbocycles. The second-order valence-electron chi connectivity index (χ2n) is 4.43. The van der Waals surface area contributed by atoms with E-state index in [4.69, 9.17) is 0 Å². The average molecular weight is 184 g/mol. The highest BCUT2D eigenvalue weighted by Crippen LogP contribution is 2.18. The number of rotatable bonds is 5. The molecule has 0 aromatic rings. The summed E-state index contributed by atoms with van der Waals surface area (Å²) >= 11 is 0. The van der Waals surface area contributed by atoms with Gasteiger partial charge in [-0.05, 0) is 33.1 Å². The monoisotopic (exact) mass is 184 g/mol. The predicted molar refractivity (Wildman–Crippen MR) is 53.5 cm³/mol. The second kappa shape index (κ2) is 4.09. The molecule has 0 saturated heterocycles. The zero-order valence-corrected chi connectivity index (χ0v) is 8.81. The molecular formula is C10H20N2O. The SMILES string of the molecule is CCC(C)(C)NCC(=O)NC1CC1. The van der Waals surface area contributed by atoms with Crippen molar-refractivity contribution in [2.45, 2.75) is 51.6 Å². The number of nitrogens with one attached hydrogen (secondary N) is 2. The maximum Gasteiger partial charge on any atom is 0.234 e. The van der Waals surface area contributed by atoms with Gasteiger partial charge in [-0.3, -0.25) is 4.79 Å². The molecule has 3 heteroatoms. The molecule has 13 heavy (non-hydrogen) atoms. The molecule has 1 aliphatic carbocycles. The first-order chi connectivity index (χ1) is 6.03. The van der Waals surface area contributed by atoms with Gasteiger partial charge in [0.1, 0.15) is 0 Å². The van der Waals surface area contributed by atoms with E-state index in [1.165, 1.54) is 0 Å². The van der Waals surface area contributed by atoms with Crippen LogP contribution in [0.3, 0.4) is 0 Å². The van der Waals surface area contributed by atoms with Gasteiger partial charge in [-0.1, -0.05) is 6.92 Å². The van der Waals surface area contributed by atoms with E-state index >= 15 is 0 Å². The van der Waals surface area contributed by atoms with Gasteiger partial charge >= 0.3 is 0 Å². The molecule has 76 valence electrons. The molecule has 0 aromatic heterocycles. The van der Waals surface area contributed by atoms with Crippen molar-refractivity contribution in [3.05, 3.63) is 0 Å². The summed E-state index contributed by atoms with van der Waals surface area (Å²) in [7, 11) is 0. The lowest BCUT2D eigenvalue weighted by atomic mass is 10.0. The minimum absolute atomic E-state index is 0.0703. The largest absolute Gasteiger partial charge is 0.352 e. The molecule has 1 aliphatic rings. The van der Waals surface area contributed by atoms with Gasteiger partial charge in [-0.15, -0.1) is 0 Å². The smallest absolute Gasteiger partial charge is 0.234 e. The van der Waals surface area contributed by atoms with E-state index in [1.54, 1.807) is 0 Å². The summed E-state index contributed by atoms with van der Waals surface area (Å²) in [5.74, 6) is 0.129. The van der Waals surface area contributed by atoms with Gasteiger partial charge < -0.3 is 10.6 Å². The van der Waals surface area contributed by atoms with E-state index in [0.717, 1.165) is 19.3 Å². The Morgan fingerprint density at radius 2 is 2.08 bits per heavy atom. The standard InChI is InChI=1S/C10H20N2O/c1-4-10(2,3)11-7-9(13)12-8-5-6-8/h8,11H,4-7H2,1-3H3,(H,12,13). The molecule has 3 nitrogen and oxygen atoms in total. The molecule has 0 heterocycles. The van der Waals surface area contributed by atoms with Crippen molar-refractivity contribution >= 4 is 5.91 Å². The molecular weight excluding hydrogens is 164 g/mol. The summed E-state index contributed by atoms with van der Waals surface area (Å²) in [5.41, 5.74) is 0.0703. The van der Waals surface area contributed by atoms with Crippen molar-refractivity contribution in [2.75, 3.05) is 6.54 Å². The summed E-state index contributed by atoms with van der Waals surface area (Å²) in [4.78, 5) is 11.3. The summed E-state index contributed by atoms with van der Waals surface area (Å²) in [6.45, 7) is 6.78. The predicted octanol–water partition coefficient (Wildman–Crippen LogP) is 1.04. The van der Waals surface area contributed by atoms with Gasteiger partial charge in [-0.2, -0.15) is 0 Å². The van der Waals surface area contributed by atoms with Crippen molar-refractivity contribution in [1.82, 2.24) is 10.6 Å². The molecule has 0 spiro atoms. The third kappa shape index (κ3) is 4.27. The lowest BCUT2D eigenvalue weighted by Crippen LogP contribution is -2.45. The number of amides is 1. The fourth-order valence-electron chi connectivity index (χ4n) is 0.951. The lowest BCUT2D eigenvalue weighted by Gasteiger charge is -2.24. The number of hydrogen-bond donors (Lipinski definition) is 2. The summed E-state index contributed by atoms with van der Waals surface area (Å²) in [6, 6.07) is 0.471. The third-order valence-corrected chi connectivity index (χ3v) is 2.55. The Balaban J connectivity index is 2.13. The first kappa shape index (κ1) is 10.5. The van der Waals surface area contributed by atoms with E-state index in [1.807, 2.05) is 0 Å². The quantitative estimate of drug-likeness (QED) is 0.670. The molecule has 1 saturated carbocycles. The van der Waals surface area contributed by atoms with Crippen LogP contribution in [0.25, 0.3) is 0 Å². The van der Waals surface area contributed by atoms with Crippen LogP contribution in [-0.2, 0) is 4.79 Å². The fourth-order valence-corrected chi connectivity index (χ4v) is 0.951. The van der Waals surface area contributed by atoms with Crippen LogP contribution in [0.2, 0.25) is 0 Å². The molecule has 0 bridgehead atoms. The summed E-state index contributed by atoms with van der Waals surface area (Å²) in [5, 5.41) is 6.18. The van der Waals surface area contributed by atoms with Gasteiger partial charge in [0.25, 0.3) is 0 Å². The van der Waals surface area contributed by atoms with Crippen LogP contribution in [0.4, 0.5) is 0 Å². The Bertz CT molecular complexity index is 185. The highest BCUT2D eigenvalue weighted by molar-refractivity contribution is 5.78. The van der Waals surface area contributed by atoms with Crippen molar-refractivity contribution in [3.8, 4) is 0 Å². The van der Waals surface area contributed by atoms with Crippen molar-refractivity contribution in [3.63, 3.8) is 0 Å². The zero-order chi connectivity index (χ0) is 9.90. The van der Waals surface area contributed by atoms with Crippen LogP contribution in [-0.4, -0.2) is 24.0 Å². The average Bonchev–Trinajstić information content (AvgIpc) is 2.85. The van der Waals surface area contributed by atoms with E-state index in [0.29, 0.717) is 12.6 Å². The van der Waals surface area contributed by atoms with Crippen LogP contribution in [0.1, 0.15) is 40.0 Å². The Morgan fingerprint density at radius 1 is 1.46 bits per heavy atom. The van der Waals surface area contributed by atoms with Gasteiger partial charge in [0, 0.05) is 11.6 Å². The summed E-state index contributed by atoms with van der Waals surface area (Å²) < 4.78 is 0. The van der Waals surface area contributed by atoms with E-state index in [-0.39, 0.29) is 11.4 Å². The van der Waals surface area contributed by atoms with Gasteiger partial charge in [0.2, 0.25) is 5.91 Å². The maximum atomic E-state index is 11.3. The Kier molecular flexibility index (Phi) is 3.31. The maximum absolute atomic E-state index is 11.3. The molecule has 1 amide bonds. The van der Waals surface area contributed by atoms with Crippen molar-refractivity contribution in [2.24, 2.45) is 0 Å². The first-order valence-electron chi connectivity index (χ1n) is 5.08. The third-order valence-electron chi connectivity index (χ3n) is 2.55. The zero-order valence-electron chi connectivity index (χ0n) is 8.81. The molecule has 2 N–H and O–H groups in total. The van der Waals surface area contributed by atoms with Gasteiger partial charge in [0.15, 0.2) is 0 Å². The summed E-state index contributed by atoms with van der Waals surface area (Å²) in [6.07, 6.45) is 3.34. The first-order valence-corrected chi connectivity index (χ1v) is 5.08. The molecule has 0 atom stereocenters. The number of hydrogen-bond acceptors (Lipinski definition) is 2. The van der Waals surface area contributed by atoms with Gasteiger partial charge in [0.05, 0.1) is 6.54 Å². The minimum atomic E-state index is 0.0703. The van der Waals surface area contributed by atoms with E-state index in [9.17, 15) is 4.79 Å². The minimum Gasteiger partial charge on any atom is -0.352 e. The van der Waals surface area contributed by atoms with Gasteiger partial charge in [-0.25, -0.2) is 0 Å². The molecule has 1 fully saturated rings. The van der Waals surface area contributed by atoms with E-state index in [2.05, 4.69) is 31.4 Å². The van der Waals surface area contributed by atoms with E-state index < -0.39 is 0 Å². The number of carbonyl (C=O) groups excluding carboxylic acids is 1. The molecule has 0 aliphatic heterocycles.